The molecule has 1 fully saturated rings. The number of Topliss-reactive ketones (excluding diaryl/α,β-unsaturated/α-hetero) is 1. The first kappa shape index (κ1) is 27.7. The summed E-state index contributed by atoms with van der Waals surface area (Å²) in [6.45, 7) is 3.43. The van der Waals surface area contributed by atoms with Gasteiger partial charge in [0.1, 0.15) is 4.75 Å². The minimum Gasteiger partial charge on any atom is -0.461 e. The molecule has 1 amide bonds. The van der Waals surface area contributed by atoms with Crippen LogP contribution >= 0.6 is 23.5 Å². The molecule has 2 unspecified atom stereocenters. The molecule has 1 aromatic carbocycles. The molecule has 2 heterocycles. The van der Waals surface area contributed by atoms with Crippen LogP contribution in [0.15, 0.2) is 18.2 Å². The van der Waals surface area contributed by atoms with E-state index in [1.54, 1.807) is 18.2 Å². The zero-order chi connectivity index (χ0) is 26.7. The summed E-state index contributed by atoms with van der Waals surface area (Å²) in [7, 11) is 3.79. The number of fused-ring (bicyclic) bond motifs is 1. The van der Waals surface area contributed by atoms with Gasteiger partial charge in [-0.2, -0.15) is 5.26 Å². The summed E-state index contributed by atoms with van der Waals surface area (Å²) in [5.41, 5.74) is 0.703. The summed E-state index contributed by atoms with van der Waals surface area (Å²) in [5, 5.41) is 7.91. The van der Waals surface area contributed by atoms with Gasteiger partial charge in [0.15, 0.2) is 22.2 Å². The van der Waals surface area contributed by atoms with Gasteiger partial charge in [0.25, 0.3) is 0 Å². The van der Waals surface area contributed by atoms with Crippen molar-refractivity contribution in [2.24, 2.45) is 5.92 Å². The Bertz CT molecular complexity index is 1110. The second-order valence-corrected chi connectivity index (χ2v) is 11.1. The molecule has 194 valence electrons. The summed E-state index contributed by atoms with van der Waals surface area (Å²) in [4.78, 5) is 52.9. The van der Waals surface area contributed by atoms with Crippen LogP contribution in [0.2, 0.25) is 0 Å². The molecule has 0 radical (unpaired) electrons. The normalized spacial score (nSPS) is 25.8. The first-order valence-electron chi connectivity index (χ1n) is 11.2. The molecule has 0 aliphatic carbocycles. The maximum atomic E-state index is 14.4. The number of carbonyl (C=O) groups excluding carboxylic acids is 4. The van der Waals surface area contributed by atoms with Gasteiger partial charge in [-0.15, -0.1) is 0 Å². The monoisotopic (exact) mass is 536 g/mol. The Labute approximate surface area is 217 Å². The molecular formula is C24H28N2O8S2. The predicted molar refractivity (Wildman–Crippen MR) is 133 cm³/mol. The highest BCUT2D eigenvalue weighted by Crippen LogP contribution is 2.55. The first-order valence-corrected chi connectivity index (χ1v) is 12.9. The summed E-state index contributed by atoms with van der Waals surface area (Å²) in [5.74, 6) is -1.54. The molecule has 3 rings (SSSR count). The van der Waals surface area contributed by atoms with Crippen LogP contribution in [0.5, 0.6) is 11.5 Å². The van der Waals surface area contributed by atoms with E-state index in [-0.39, 0.29) is 19.6 Å². The molecule has 0 bridgehead atoms. The molecule has 0 N–H and O–H groups in total. The minimum atomic E-state index is -1.64. The van der Waals surface area contributed by atoms with Gasteiger partial charge in [-0.25, -0.2) is 9.59 Å². The van der Waals surface area contributed by atoms with Gasteiger partial charge in [-0.1, -0.05) is 13.0 Å². The van der Waals surface area contributed by atoms with Crippen molar-refractivity contribution in [3.8, 4) is 17.6 Å². The number of piperidine rings is 1. The number of nitriles is 1. The highest BCUT2D eigenvalue weighted by molar-refractivity contribution is 8.15. The van der Waals surface area contributed by atoms with Gasteiger partial charge in [-0.3, -0.25) is 9.59 Å². The largest absolute Gasteiger partial charge is 0.461 e. The van der Waals surface area contributed by atoms with E-state index in [4.69, 9.17) is 18.9 Å². The van der Waals surface area contributed by atoms with E-state index in [2.05, 4.69) is 0 Å². The molecule has 0 saturated carbocycles. The van der Waals surface area contributed by atoms with Crippen LogP contribution < -0.4 is 9.47 Å². The van der Waals surface area contributed by atoms with Crippen LogP contribution in [0, 0.1) is 17.2 Å². The second kappa shape index (κ2) is 11.0. The molecular weight excluding hydrogens is 508 g/mol. The van der Waals surface area contributed by atoms with Gasteiger partial charge < -0.3 is 23.8 Å². The lowest BCUT2D eigenvalue weighted by Gasteiger charge is -2.53. The molecule has 36 heavy (non-hydrogen) atoms. The third kappa shape index (κ3) is 4.74. The van der Waals surface area contributed by atoms with Crippen molar-refractivity contribution in [1.29, 1.82) is 5.26 Å². The van der Waals surface area contributed by atoms with Gasteiger partial charge in [0.05, 0.1) is 26.2 Å². The smallest absolute Gasteiger partial charge is 0.369 e. The Morgan fingerprint density at radius 1 is 1.19 bits per heavy atom. The summed E-state index contributed by atoms with van der Waals surface area (Å²) in [6, 6.07) is 7.31. The standard InChI is InChI=1S/C24H28N2O8S2/c1-6-15(14-8-9-16-17(12-14)34-13-33-16)18-19(27)23(2,35-21(29)31-4)26(3)20(28)24(18,10-7-11-25)36-22(30)32-5/h8-9,12,15,18H,6-7,10,13H2,1-5H3/t15-,18?,23+,24?/m1/s1. The van der Waals surface area contributed by atoms with Crippen molar-refractivity contribution in [2.75, 3.05) is 28.1 Å². The Balaban J connectivity index is 2.24. The van der Waals surface area contributed by atoms with Crippen molar-refractivity contribution in [3.63, 3.8) is 0 Å². The quantitative estimate of drug-likeness (QED) is 0.461. The third-order valence-electron chi connectivity index (χ3n) is 6.70. The fourth-order valence-electron chi connectivity index (χ4n) is 4.77. The lowest BCUT2D eigenvalue weighted by molar-refractivity contribution is -0.153. The maximum Gasteiger partial charge on any atom is 0.369 e. The number of methoxy groups -OCH3 is 2. The number of thioether (sulfide) groups is 2. The molecule has 4 atom stereocenters. The lowest BCUT2D eigenvalue weighted by Crippen LogP contribution is -2.69. The number of ketones is 1. The number of likely N-dealkylation sites (tertiary alicyclic amines) is 1. The molecule has 1 aromatic rings. The zero-order valence-electron chi connectivity index (χ0n) is 20.7. The van der Waals surface area contributed by atoms with Crippen LogP contribution in [0.3, 0.4) is 0 Å². The number of rotatable bonds is 7. The Morgan fingerprint density at radius 2 is 1.83 bits per heavy atom. The van der Waals surface area contributed by atoms with Crippen molar-refractivity contribution < 1.29 is 38.1 Å². The van der Waals surface area contributed by atoms with E-state index >= 15 is 0 Å². The summed E-state index contributed by atoms with van der Waals surface area (Å²) >= 11 is 1.21. The molecule has 2 aliphatic rings. The van der Waals surface area contributed by atoms with Crippen LogP contribution in [0.4, 0.5) is 9.59 Å². The van der Waals surface area contributed by atoms with E-state index in [0.717, 1.165) is 0 Å². The highest BCUT2D eigenvalue weighted by Gasteiger charge is 2.65. The number of carbonyl (C=O) groups is 4. The van der Waals surface area contributed by atoms with Gasteiger partial charge in [0, 0.05) is 13.5 Å². The number of ether oxygens (including phenoxy) is 4. The summed E-state index contributed by atoms with van der Waals surface area (Å²) < 4.78 is 19.0. The predicted octanol–water partition coefficient (Wildman–Crippen LogP) is 4.32. The SMILES string of the molecule is CC[C@H](c1ccc2c(c1)OCO2)C1C(=O)[C@](C)(SC(=O)OC)N(C)C(=O)C1(CCC#N)SC(=O)OC. The number of hydrogen-bond donors (Lipinski definition) is 0. The molecule has 12 heteroatoms. The van der Waals surface area contributed by atoms with Crippen LogP contribution in [-0.2, 0) is 19.1 Å². The fraction of sp³-hybridized carbons (Fsp3) is 0.542. The molecule has 0 spiro atoms. The van der Waals surface area contributed by atoms with Crippen LogP contribution in [0.25, 0.3) is 0 Å². The first-order chi connectivity index (χ1) is 17.1. The summed E-state index contributed by atoms with van der Waals surface area (Å²) in [6.07, 6.45) is 0.275. The zero-order valence-corrected chi connectivity index (χ0v) is 22.3. The van der Waals surface area contributed by atoms with E-state index in [1.165, 1.54) is 33.1 Å². The average Bonchev–Trinajstić information content (AvgIpc) is 3.35. The van der Waals surface area contributed by atoms with Gasteiger partial charge in [-0.05, 0) is 66.9 Å². The molecule has 0 aromatic heterocycles. The Kier molecular flexibility index (Phi) is 8.46. The van der Waals surface area contributed by atoms with Crippen LogP contribution in [0.1, 0.15) is 44.6 Å². The lowest BCUT2D eigenvalue weighted by atomic mass is 9.67. The minimum absolute atomic E-state index is 0.0666. The molecule has 2 aliphatic heterocycles. The van der Waals surface area contributed by atoms with Crippen molar-refractivity contribution in [3.05, 3.63) is 23.8 Å². The topological polar surface area (TPSA) is 132 Å². The highest BCUT2D eigenvalue weighted by atomic mass is 32.2. The molecule has 10 nitrogen and oxygen atoms in total. The fourth-order valence-corrected chi connectivity index (χ4v) is 6.83. The second-order valence-electron chi connectivity index (χ2n) is 8.48. The van der Waals surface area contributed by atoms with Crippen molar-refractivity contribution in [2.45, 2.75) is 48.6 Å². The maximum absolute atomic E-state index is 14.4. The Hall–Kier alpha value is -2.91. The number of nitrogens with zero attached hydrogens (tertiary/aromatic N) is 2. The molecule has 1 saturated heterocycles. The van der Waals surface area contributed by atoms with Gasteiger partial charge in [0.2, 0.25) is 12.7 Å². The number of hydrogen-bond acceptors (Lipinski definition) is 11. The van der Waals surface area contributed by atoms with E-state index < -0.39 is 43.7 Å². The van der Waals surface area contributed by atoms with Crippen molar-refractivity contribution >= 4 is 45.8 Å². The van der Waals surface area contributed by atoms with Crippen LogP contribution in [-0.4, -0.2) is 64.9 Å². The number of amides is 1. The average molecular weight is 537 g/mol. The Morgan fingerprint density at radius 3 is 2.44 bits per heavy atom. The van der Waals surface area contributed by atoms with E-state index in [0.29, 0.717) is 47.0 Å². The van der Waals surface area contributed by atoms with E-state index in [9.17, 15) is 24.4 Å². The van der Waals surface area contributed by atoms with E-state index in [1.807, 2.05) is 13.0 Å². The van der Waals surface area contributed by atoms with Crippen molar-refractivity contribution in [1.82, 2.24) is 4.90 Å². The van der Waals surface area contributed by atoms with Gasteiger partial charge >= 0.3 is 10.6 Å². The number of benzene rings is 1. The number of likely N-dealkylation sites (N-methyl/N-ethyl adjacent to an activating group) is 1. The third-order valence-corrected chi connectivity index (χ3v) is 9.24.